The molecule has 0 spiro atoms. The molecule has 0 aliphatic carbocycles. The van der Waals surface area contributed by atoms with Crippen LogP contribution in [0.2, 0.25) is 0 Å². The van der Waals surface area contributed by atoms with Crippen molar-refractivity contribution in [2.75, 3.05) is 26.3 Å². The van der Waals surface area contributed by atoms with Crippen molar-refractivity contribution in [2.45, 2.75) is 13.3 Å². The molecule has 6 heteroatoms. The van der Waals surface area contributed by atoms with Crippen LogP contribution in [0.4, 0.5) is 0 Å². The third-order valence-electron chi connectivity index (χ3n) is 5.31. The minimum absolute atomic E-state index is 0.134. The van der Waals surface area contributed by atoms with Crippen molar-refractivity contribution in [2.24, 2.45) is 11.3 Å². The van der Waals surface area contributed by atoms with Crippen molar-refractivity contribution < 1.29 is 23.8 Å². The summed E-state index contributed by atoms with van der Waals surface area (Å²) in [4.78, 5) is 26.4. The molecule has 126 valence electrons. The maximum atomic E-state index is 12.9. The van der Waals surface area contributed by atoms with Gasteiger partial charge in [0.1, 0.15) is 11.3 Å². The van der Waals surface area contributed by atoms with E-state index >= 15 is 0 Å². The second-order valence-electron chi connectivity index (χ2n) is 6.78. The normalized spacial score (nSPS) is 26.5. The molecule has 1 amide bonds. The molecule has 4 rings (SSSR count). The van der Waals surface area contributed by atoms with Crippen molar-refractivity contribution in [1.82, 2.24) is 4.90 Å². The minimum Gasteiger partial charge on any atom is -0.481 e. The Balaban J connectivity index is 1.63. The van der Waals surface area contributed by atoms with Gasteiger partial charge in [-0.1, -0.05) is 0 Å². The van der Waals surface area contributed by atoms with Gasteiger partial charge in [0, 0.05) is 36.6 Å². The number of fused-ring (bicyclic) bond motifs is 2. The zero-order chi connectivity index (χ0) is 16.9. The van der Waals surface area contributed by atoms with Gasteiger partial charge in [-0.2, -0.15) is 0 Å². The van der Waals surface area contributed by atoms with Crippen LogP contribution in [-0.2, 0) is 9.53 Å². The number of likely N-dealkylation sites (tertiary alicyclic amines) is 1. The average Bonchev–Trinajstić information content (AvgIpc) is 3.13. The summed E-state index contributed by atoms with van der Waals surface area (Å²) in [6.07, 6.45) is 0.455. The van der Waals surface area contributed by atoms with E-state index in [1.807, 2.05) is 13.0 Å². The van der Waals surface area contributed by atoms with Gasteiger partial charge in [0.2, 0.25) is 0 Å². The van der Waals surface area contributed by atoms with E-state index in [2.05, 4.69) is 0 Å². The topological polar surface area (TPSA) is 80.0 Å². The summed E-state index contributed by atoms with van der Waals surface area (Å²) in [6, 6.07) is 7.22. The summed E-state index contributed by atoms with van der Waals surface area (Å²) >= 11 is 0. The molecule has 0 unspecified atom stereocenters. The smallest absolute Gasteiger partial charge is 0.311 e. The number of aliphatic carboxylic acids is 1. The molecule has 1 aromatic heterocycles. The van der Waals surface area contributed by atoms with Gasteiger partial charge in [-0.3, -0.25) is 9.59 Å². The zero-order valence-corrected chi connectivity index (χ0v) is 13.4. The highest BCUT2D eigenvalue weighted by Crippen LogP contribution is 2.42. The summed E-state index contributed by atoms with van der Waals surface area (Å²) in [5, 5.41) is 10.6. The van der Waals surface area contributed by atoms with Crippen LogP contribution < -0.4 is 0 Å². The Hall–Kier alpha value is -2.34. The van der Waals surface area contributed by atoms with Crippen molar-refractivity contribution in [3.05, 3.63) is 35.6 Å². The second-order valence-corrected chi connectivity index (χ2v) is 6.78. The summed E-state index contributed by atoms with van der Waals surface area (Å²) in [5.74, 6) is -0.311. The van der Waals surface area contributed by atoms with Gasteiger partial charge < -0.3 is 19.2 Å². The first kappa shape index (κ1) is 15.2. The Morgan fingerprint density at radius 3 is 2.92 bits per heavy atom. The predicted molar refractivity (Wildman–Crippen MR) is 85.8 cm³/mol. The molecule has 0 saturated carbocycles. The average molecular weight is 329 g/mol. The highest BCUT2D eigenvalue weighted by molar-refractivity contribution is 5.98. The Labute approximate surface area is 139 Å². The number of carbonyl (C=O) groups excluding carboxylic acids is 1. The minimum atomic E-state index is -0.871. The number of benzene rings is 1. The van der Waals surface area contributed by atoms with E-state index in [1.165, 1.54) is 0 Å². The fraction of sp³-hybridized carbons (Fsp3) is 0.444. The Bertz CT molecular complexity index is 826. The molecule has 0 bridgehead atoms. The number of hydrogen-bond acceptors (Lipinski definition) is 4. The van der Waals surface area contributed by atoms with Crippen LogP contribution in [0.15, 0.2) is 28.7 Å². The molecule has 2 fully saturated rings. The van der Waals surface area contributed by atoms with Crippen LogP contribution in [0.1, 0.15) is 22.5 Å². The number of aryl methyl sites for hydroxylation is 1. The number of furan rings is 1. The van der Waals surface area contributed by atoms with Gasteiger partial charge in [0.05, 0.1) is 12.0 Å². The molecule has 2 atom stereocenters. The van der Waals surface area contributed by atoms with Crippen LogP contribution in [0, 0.1) is 18.3 Å². The Kier molecular flexibility index (Phi) is 3.38. The molecule has 2 saturated heterocycles. The number of nitrogens with zero attached hydrogens (tertiary/aromatic N) is 1. The molecule has 6 nitrogen and oxygen atoms in total. The number of carboxylic acids is 1. The summed E-state index contributed by atoms with van der Waals surface area (Å²) in [7, 11) is 0. The van der Waals surface area contributed by atoms with E-state index < -0.39 is 11.4 Å². The SMILES string of the molecule is Cc1cc2cc(C(=O)N3C[C@@H]4COCC[C@]4(C(=O)O)C3)ccc2o1. The van der Waals surface area contributed by atoms with Gasteiger partial charge in [-0.05, 0) is 37.6 Å². The number of hydrogen-bond donors (Lipinski definition) is 1. The molecule has 24 heavy (non-hydrogen) atoms. The first-order valence-electron chi connectivity index (χ1n) is 8.10. The molecular formula is C18H19NO5. The maximum Gasteiger partial charge on any atom is 0.311 e. The molecular weight excluding hydrogens is 310 g/mol. The highest BCUT2D eigenvalue weighted by atomic mass is 16.5. The van der Waals surface area contributed by atoms with Gasteiger partial charge >= 0.3 is 5.97 Å². The summed E-state index contributed by atoms with van der Waals surface area (Å²) in [5.41, 5.74) is 0.433. The fourth-order valence-electron chi connectivity index (χ4n) is 3.95. The van der Waals surface area contributed by atoms with E-state index in [4.69, 9.17) is 9.15 Å². The van der Waals surface area contributed by atoms with Crippen molar-refractivity contribution in [3.8, 4) is 0 Å². The lowest BCUT2D eigenvalue weighted by molar-refractivity contribution is -0.157. The first-order chi connectivity index (χ1) is 11.5. The zero-order valence-electron chi connectivity index (χ0n) is 13.4. The van der Waals surface area contributed by atoms with E-state index in [1.54, 1.807) is 23.1 Å². The third-order valence-corrected chi connectivity index (χ3v) is 5.31. The third kappa shape index (κ3) is 2.21. The van der Waals surface area contributed by atoms with Crippen LogP contribution >= 0.6 is 0 Å². The van der Waals surface area contributed by atoms with Crippen LogP contribution in [-0.4, -0.2) is 48.2 Å². The molecule has 3 heterocycles. The Morgan fingerprint density at radius 1 is 1.33 bits per heavy atom. The van der Waals surface area contributed by atoms with Gasteiger partial charge in [-0.25, -0.2) is 0 Å². The van der Waals surface area contributed by atoms with Crippen molar-refractivity contribution in [3.63, 3.8) is 0 Å². The number of rotatable bonds is 2. The predicted octanol–water partition coefficient (Wildman–Crippen LogP) is 2.30. The van der Waals surface area contributed by atoms with E-state index in [9.17, 15) is 14.7 Å². The monoisotopic (exact) mass is 329 g/mol. The van der Waals surface area contributed by atoms with E-state index in [0.29, 0.717) is 31.7 Å². The lowest BCUT2D eigenvalue weighted by Gasteiger charge is -2.33. The Morgan fingerprint density at radius 2 is 2.17 bits per heavy atom. The first-order valence-corrected chi connectivity index (χ1v) is 8.10. The maximum absolute atomic E-state index is 12.9. The standard InChI is InChI=1S/C18H19NO5/c1-11-6-13-7-12(2-3-15(13)24-11)16(20)19-8-14-9-23-5-4-18(14,10-19)17(21)22/h2-3,6-7,14H,4-5,8-10H2,1H3,(H,21,22)/t14-,18+/m1/s1. The lowest BCUT2D eigenvalue weighted by Crippen LogP contribution is -2.45. The molecule has 1 N–H and O–H groups in total. The van der Waals surface area contributed by atoms with Crippen LogP contribution in [0.3, 0.4) is 0 Å². The molecule has 2 aliphatic rings. The van der Waals surface area contributed by atoms with Crippen LogP contribution in [0.5, 0.6) is 0 Å². The van der Waals surface area contributed by atoms with Gasteiger partial charge in [0.25, 0.3) is 5.91 Å². The van der Waals surface area contributed by atoms with E-state index in [0.717, 1.165) is 16.7 Å². The number of ether oxygens (including phenoxy) is 1. The van der Waals surface area contributed by atoms with Gasteiger partial charge in [0.15, 0.2) is 0 Å². The summed E-state index contributed by atoms with van der Waals surface area (Å²) < 4.78 is 11.0. The number of carbonyl (C=O) groups is 2. The quantitative estimate of drug-likeness (QED) is 0.914. The molecule has 2 aromatic rings. The van der Waals surface area contributed by atoms with Crippen molar-refractivity contribution >= 4 is 22.8 Å². The highest BCUT2D eigenvalue weighted by Gasteiger charge is 2.54. The fourth-order valence-corrected chi connectivity index (χ4v) is 3.95. The lowest BCUT2D eigenvalue weighted by atomic mass is 9.74. The molecule has 2 aliphatic heterocycles. The van der Waals surface area contributed by atoms with E-state index in [-0.39, 0.29) is 18.4 Å². The largest absolute Gasteiger partial charge is 0.481 e. The van der Waals surface area contributed by atoms with Gasteiger partial charge in [-0.15, -0.1) is 0 Å². The number of carboxylic acid groups (broad SMARTS) is 1. The van der Waals surface area contributed by atoms with Crippen molar-refractivity contribution in [1.29, 1.82) is 0 Å². The summed E-state index contributed by atoms with van der Waals surface area (Å²) in [6.45, 7) is 3.37. The number of amides is 1. The molecule has 1 aromatic carbocycles. The van der Waals surface area contributed by atoms with Crippen LogP contribution in [0.25, 0.3) is 11.0 Å². The second kappa shape index (κ2) is 5.34. The molecule has 0 radical (unpaired) electrons.